The first-order valence-electron chi connectivity index (χ1n) is 6.75. The monoisotopic (exact) mass is 356 g/mol. The van der Waals surface area contributed by atoms with Gasteiger partial charge in [0.1, 0.15) is 0 Å². The molecule has 22 heavy (non-hydrogen) atoms. The Morgan fingerprint density at radius 2 is 1.77 bits per heavy atom. The summed E-state index contributed by atoms with van der Waals surface area (Å²) >= 11 is 3.40. The van der Waals surface area contributed by atoms with Gasteiger partial charge in [-0.25, -0.2) is 4.68 Å². The first-order valence-corrected chi connectivity index (χ1v) is 7.55. The van der Waals surface area contributed by atoms with Gasteiger partial charge < -0.3 is 5.11 Å². The smallest absolute Gasteiger partial charge is 0.309 e. The zero-order valence-corrected chi connectivity index (χ0v) is 13.2. The van der Waals surface area contributed by atoms with Crippen molar-refractivity contribution >= 4 is 21.9 Å². The van der Waals surface area contributed by atoms with Crippen LogP contribution in [-0.4, -0.2) is 20.9 Å². The molecule has 0 saturated carbocycles. The molecular weight excluding hydrogens is 344 g/mol. The normalized spacial score (nSPS) is 10.6. The first-order chi connectivity index (χ1) is 10.6. The van der Waals surface area contributed by atoms with Crippen LogP contribution in [0.15, 0.2) is 65.1 Å². The van der Waals surface area contributed by atoms with Gasteiger partial charge in [-0.1, -0.05) is 46.3 Å². The summed E-state index contributed by atoms with van der Waals surface area (Å²) in [6, 6.07) is 19.1. The number of carboxylic acids is 1. The van der Waals surface area contributed by atoms with Gasteiger partial charge in [-0.15, -0.1) is 0 Å². The number of benzene rings is 2. The van der Waals surface area contributed by atoms with Crippen molar-refractivity contribution in [2.24, 2.45) is 0 Å². The maximum Gasteiger partial charge on any atom is 0.309 e. The van der Waals surface area contributed by atoms with Crippen LogP contribution in [0, 0.1) is 0 Å². The van der Waals surface area contributed by atoms with Gasteiger partial charge in [0.2, 0.25) is 0 Å². The van der Waals surface area contributed by atoms with Gasteiger partial charge in [0.25, 0.3) is 0 Å². The quantitative estimate of drug-likeness (QED) is 0.770. The fourth-order valence-electron chi connectivity index (χ4n) is 2.26. The van der Waals surface area contributed by atoms with Crippen molar-refractivity contribution in [3.8, 4) is 16.9 Å². The summed E-state index contributed by atoms with van der Waals surface area (Å²) in [5.74, 6) is -0.876. The molecule has 0 aliphatic carbocycles. The molecule has 5 heteroatoms. The van der Waals surface area contributed by atoms with Crippen molar-refractivity contribution < 1.29 is 9.90 Å². The van der Waals surface area contributed by atoms with E-state index in [1.54, 1.807) is 4.68 Å². The van der Waals surface area contributed by atoms with Crippen LogP contribution in [0.4, 0.5) is 0 Å². The molecule has 0 fully saturated rings. The highest BCUT2D eigenvalue weighted by molar-refractivity contribution is 9.10. The van der Waals surface area contributed by atoms with E-state index >= 15 is 0 Å². The maximum atomic E-state index is 11.1. The van der Waals surface area contributed by atoms with Crippen molar-refractivity contribution in [1.29, 1.82) is 0 Å². The van der Waals surface area contributed by atoms with Gasteiger partial charge in [0.05, 0.1) is 23.5 Å². The molecule has 0 saturated heterocycles. The molecule has 0 bridgehead atoms. The lowest BCUT2D eigenvalue weighted by atomic mass is 10.1. The Morgan fingerprint density at radius 1 is 1.09 bits per heavy atom. The van der Waals surface area contributed by atoms with Crippen molar-refractivity contribution in [3.05, 3.63) is 70.8 Å². The summed E-state index contributed by atoms with van der Waals surface area (Å²) in [7, 11) is 0. The molecule has 0 aliphatic rings. The predicted octanol–water partition coefficient (Wildman–Crippen LogP) is 3.93. The van der Waals surface area contributed by atoms with Gasteiger partial charge in [-0.3, -0.25) is 4.79 Å². The summed E-state index contributed by atoms with van der Waals surface area (Å²) in [5, 5.41) is 13.7. The van der Waals surface area contributed by atoms with E-state index in [2.05, 4.69) is 21.0 Å². The minimum Gasteiger partial charge on any atom is -0.481 e. The fraction of sp³-hybridized carbons (Fsp3) is 0.0588. The Hall–Kier alpha value is -2.40. The summed E-state index contributed by atoms with van der Waals surface area (Å²) < 4.78 is 2.68. The number of halogens is 1. The molecular formula is C17H13BrN2O2. The third-order valence-corrected chi connectivity index (χ3v) is 3.78. The Morgan fingerprint density at radius 3 is 2.41 bits per heavy atom. The number of carboxylic acid groups (broad SMARTS) is 1. The van der Waals surface area contributed by atoms with E-state index in [9.17, 15) is 4.79 Å². The maximum absolute atomic E-state index is 11.1. The first kappa shape index (κ1) is 14.5. The van der Waals surface area contributed by atoms with Crippen LogP contribution in [-0.2, 0) is 11.2 Å². The van der Waals surface area contributed by atoms with E-state index in [0.29, 0.717) is 5.69 Å². The van der Waals surface area contributed by atoms with E-state index in [-0.39, 0.29) is 6.42 Å². The van der Waals surface area contributed by atoms with Crippen LogP contribution in [0.1, 0.15) is 5.69 Å². The number of aliphatic carboxylic acids is 1. The largest absolute Gasteiger partial charge is 0.481 e. The topological polar surface area (TPSA) is 55.1 Å². The number of aromatic nitrogens is 2. The van der Waals surface area contributed by atoms with Crippen molar-refractivity contribution in [2.45, 2.75) is 6.42 Å². The van der Waals surface area contributed by atoms with Crippen LogP contribution >= 0.6 is 15.9 Å². The van der Waals surface area contributed by atoms with Gasteiger partial charge in [-0.2, -0.15) is 5.10 Å². The Kier molecular flexibility index (Phi) is 4.06. The summed E-state index contributed by atoms with van der Waals surface area (Å²) in [4.78, 5) is 11.1. The van der Waals surface area contributed by atoms with Crippen LogP contribution in [0.2, 0.25) is 0 Å². The van der Waals surface area contributed by atoms with Gasteiger partial charge in [0, 0.05) is 10.0 Å². The number of hydrogen-bond donors (Lipinski definition) is 1. The molecule has 0 amide bonds. The van der Waals surface area contributed by atoms with E-state index in [4.69, 9.17) is 5.11 Å². The van der Waals surface area contributed by atoms with E-state index < -0.39 is 5.97 Å². The fourth-order valence-corrected chi connectivity index (χ4v) is 2.52. The lowest BCUT2D eigenvalue weighted by molar-refractivity contribution is -0.136. The molecule has 1 aromatic heterocycles. The van der Waals surface area contributed by atoms with Crippen LogP contribution < -0.4 is 0 Å². The standard InChI is InChI=1S/C17H13BrN2O2/c18-13-8-6-12(7-9-13)16-10-15(11-17(21)22)20(19-16)14-4-2-1-3-5-14/h1-10H,11H2,(H,21,22). The number of para-hydroxylation sites is 1. The van der Waals surface area contributed by atoms with Gasteiger partial charge in [-0.05, 0) is 30.3 Å². The zero-order chi connectivity index (χ0) is 15.5. The molecule has 1 heterocycles. The lowest BCUT2D eigenvalue weighted by Gasteiger charge is -2.05. The molecule has 110 valence electrons. The number of rotatable bonds is 4. The van der Waals surface area contributed by atoms with E-state index in [1.165, 1.54) is 0 Å². The highest BCUT2D eigenvalue weighted by atomic mass is 79.9. The second-order valence-corrected chi connectivity index (χ2v) is 5.76. The second-order valence-electron chi connectivity index (χ2n) is 4.85. The molecule has 3 rings (SSSR count). The third kappa shape index (κ3) is 3.09. The lowest BCUT2D eigenvalue weighted by Crippen LogP contribution is -2.07. The molecule has 4 nitrogen and oxygen atoms in total. The summed E-state index contributed by atoms with van der Waals surface area (Å²) in [6.45, 7) is 0. The van der Waals surface area contributed by atoms with E-state index in [1.807, 2.05) is 60.7 Å². The van der Waals surface area contributed by atoms with Crippen molar-refractivity contribution in [3.63, 3.8) is 0 Å². The average molecular weight is 357 g/mol. The molecule has 0 atom stereocenters. The Bertz CT molecular complexity index is 795. The molecule has 1 N–H and O–H groups in total. The number of hydrogen-bond acceptors (Lipinski definition) is 2. The van der Waals surface area contributed by atoms with Crippen molar-refractivity contribution in [2.75, 3.05) is 0 Å². The Labute approximate surface area is 136 Å². The molecule has 0 spiro atoms. The summed E-state index contributed by atoms with van der Waals surface area (Å²) in [6.07, 6.45) is -0.0710. The predicted molar refractivity (Wildman–Crippen MR) is 88.0 cm³/mol. The van der Waals surface area contributed by atoms with Crippen LogP contribution in [0.5, 0.6) is 0 Å². The van der Waals surface area contributed by atoms with Gasteiger partial charge in [0.15, 0.2) is 0 Å². The third-order valence-electron chi connectivity index (χ3n) is 3.26. The SMILES string of the molecule is O=C(O)Cc1cc(-c2ccc(Br)cc2)nn1-c1ccccc1. The van der Waals surface area contributed by atoms with E-state index in [0.717, 1.165) is 21.4 Å². The Balaban J connectivity index is 2.08. The number of nitrogens with zero attached hydrogens (tertiary/aromatic N) is 2. The molecule has 0 unspecified atom stereocenters. The number of carbonyl (C=O) groups is 1. The van der Waals surface area contributed by atoms with Crippen LogP contribution in [0.25, 0.3) is 16.9 Å². The van der Waals surface area contributed by atoms with Crippen LogP contribution in [0.3, 0.4) is 0 Å². The minimum atomic E-state index is -0.876. The van der Waals surface area contributed by atoms with Gasteiger partial charge >= 0.3 is 5.97 Å². The highest BCUT2D eigenvalue weighted by Crippen LogP contribution is 2.23. The highest BCUT2D eigenvalue weighted by Gasteiger charge is 2.13. The molecule has 0 radical (unpaired) electrons. The molecule has 0 aliphatic heterocycles. The second kappa shape index (κ2) is 6.15. The average Bonchev–Trinajstić information content (AvgIpc) is 2.92. The molecule has 3 aromatic rings. The van der Waals surface area contributed by atoms with Crippen molar-refractivity contribution in [1.82, 2.24) is 9.78 Å². The summed E-state index contributed by atoms with van der Waals surface area (Å²) in [5.41, 5.74) is 3.20. The molecule has 2 aromatic carbocycles. The zero-order valence-electron chi connectivity index (χ0n) is 11.6. The minimum absolute atomic E-state index is 0.0710.